The van der Waals surface area contributed by atoms with E-state index in [-0.39, 0.29) is 6.04 Å². The third-order valence-electron chi connectivity index (χ3n) is 2.25. The predicted molar refractivity (Wildman–Crippen MR) is 58.1 cm³/mol. The van der Waals surface area contributed by atoms with Crippen molar-refractivity contribution in [1.82, 2.24) is 14.8 Å². The van der Waals surface area contributed by atoms with E-state index < -0.39 is 0 Å². The molecule has 0 bridgehead atoms. The topological polar surface area (TPSA) is 56.7 Å². The van der Waals surface area contributed by atoms with Gasteiger partial charge in [0.05, 0.1) is 6.04 Å². The van der Waals surface area contributed by atoms with Gasteiger partial charge < -0.3 is 5.73 Å². The molecule has 0 saturated carbocycles. The van der Waals surface area contributed by atoms with Gasteiger partial charge in [0.2, 0.25) is 0 Å². The summed E-state index contributed by atoms with van der Waals surface area (Å²) in [5, 5.41) is 4.19. The zero-order valence-corrected chi connectivity index (χ0v) is 8.67. The molecule has 15 heavy (non-hydrogen) atoms. The second kappa shape index (κ2) is 4.23. The van der Waals surface area contributed by atoms with Gasteiger partial charge in [0.15, 0.2) is 5.82 Å². The molecule has 0 unspecified atom stereocenters. The molecule has 4 heteroatoms. The average molecular weight is 202 g/mol. The number of aromatic nitrogens is 3. The summed E-state index contributed by atoms with van der Waals surface area (Å²) in [6.45, 7) is 0. The number of benzene rings is 1. The molecular weight excluding hydrogens is 188 g/mol. The van der Waals surface area contributed by atoms with Crippen LogP contribution in [-0.2, 0) is 13.5 Å². The standard InChI is InChI=1S/C11H14N4/c1-15-8-13-11(14-15)10(12)7-9-5-3-2-4-6-9/h2-6,8,10H,7,12H2,1H3/t10-/m1/s1. The van der Waals surface area contributed by atoms with Crippen molar-refractivity contribution in [2.75, 3.05) is 0 Å². The lowest BCUT2D eigenvalue weighted by molar-refractivity contribution is 0.647. The van der Waals surface area contributed by atoms with E-state index in [9.17, 15) is 0 Å². The zero-order chi connectivity index (χ0) is 10.7. The number of nitrogens with zero attached hydrogens (tertiary/aromatic N) is 3. The molecule has 0 radical (unpaired) electrons. The fourth-order valence-corrected chi connectivity index (χ4v) is 1.49. The smallest absolute Gasteiger partial charge is 0.167 e. The van der Waals surface area contributed by atoms with Crippen LogP contribution in [0.1, 0.15) is 17.4 Å². The molecule has 4 nitrogen and oxygen atoms in total. The summed E-state index contributed by atoms with van der Waals surface area (Å²) >= 11 is 0. The molecule has 0 saturated heterocycles. The highest BCUT2D eigenvalue weighted by Crippen LogP contribution is 2.11. The van der Waals surface area contributed by atoms with Gasteiger partial charge in [0.25, 0.3) is 0 Å². The minimum Gasteiger partial charge on any atom is -0.321 e. The first-order chi connectivity index (χ1) is 7.25. The van der Waals surface area contributed by atoms with Gasteiger partial charge in [-0.3, -0.25) is 4.68 Å². The van der Waals surface area contributed by atoms with Gasteiger partial charge in [-0.25, -0.2) is 4.98 Å². The second-order valence-corrected chi connectivity index (χ2v) is 3.57. The number of aryl methyl sites for hydroxylation is 1. The molecule has 1 heterocycles. The minimum atomic E-state index is -0.131. The normalized spacial score (nSPS) is 12.7. The van der Waals surface area contributed by atoms with Crippen LogP contribution in [0.2, 0.25) is 0 Å². The third-order valence-corrected chi connectivity index (χ3v) is 2.25. The number of rotatable bonds is 3. The maximum absolute atomic E-state index is 6.00. The molecule has 1 aromatic heterocycles. The monoisotopic (exact) mass is 202 g/mol. The van der Waals surface area contributed by atoms with Crippen LogP contribution < -0.4 is 5.73 Å². The van der Waals surface area contributed by atoms with Gasteiger partial charge in [0, 0.05) is 7.05 Å². The van der Waals surface area contributed by atoms with E-state index in [0.29, 0.717) is 5.82 Å². The Bertz CT molecular complexity index is 421. The lowest BCUT2D eigenvalue weighted by Crippen LogP contribution is -2.15. The lowest BCUT2D eigenvalue weighted by atomic mass is 10.1. The van der Waals surface area contributed by atoms with Crippen molar-refractivity contribution < 1.29 is 0 Å². The molecule has 0 amide bonds. The van der Waals surface area contributed by atoms with Crippen LogP contribution in [0.5, 0.6) is 0 Å². The summed E-state index contributed by atoms with van der Waals surface area (Å²) in [6, 6.07) is 10.00. The second-order valence-electron chi connectivity index (χ2n) is 3.57. The first-order valence-corrected chi connectivity index (χ1v) is 4.91. The van der Waals surface area contributed by atoms with E-state index in [1.54, 1.807) is 11.0 Å². The fraction of sp³-hybridized carbons (Fsp3) is 0.273. The molecule has 0 aliphatic rings. The highest BCUT2D eigenvalue weighted by atomic mass is 15.3. The molecule has 2 N–H and O–H groups in total. The summed E-state index contributed by atoms with van der Waals surface area (Å²) in [6.07, 6.45) is 2.44. The summed E-state index contributed by atoms with van der Waals surface area (Å²) in [5.41, 5.74) is 7.21. The van der Waals surface area contributed by atoms with Gasteiger partial charge in [-0.05, 0) is 12.0 Å². The van der Waals surface area contributed by atoms with E-state index in [0.717, 1.165) is 6.42 Å². The van der Waals surface area contributed by atoms with Crippen molar-refractivity contribution in [2.45, 2.75) is 12.5 Å². The highest BCUT2D eigenvalue weighted by Gasteiger charge is 2.10. The first kappa shape index (κ1) is 9.86. The van der Waals surface area contributed by atoms with Crippen molar-refractivity contribution in [3.63, 3.8) is 0 Å². The Morgan fingerprint density at radius 1 is 1.33 bits per heavy atom. The molecule has 0 spiro atoms. The quantitative estimate of drug-likeness (QED) is 0.809. The first-order valence-electron chi connectivity index (χ1n) is 4.91. The van der Waals surface area contributed by atoms with Crippen molar-refractivity contribution in [3.8, 4) is 0 Å². The summed E-state index contributed by atoms with van der Waals surface area (Å²) in [5.74, 6) is 0.696. The molecule has 0 aliphatic carbocycles. The molecule has 0 aliphatic heterocycles. The SMILES string of the molecule is Cn1cnc([C@H](N)Cc2ccccc2)n1. The van der Waals surface area contributed by atoms with E-state index in [1.165, 1.54) is 5.56 Å². The van der Waals surface area contributed by atoms with Crippen LogP contribution in [-0.4, -0.2) is 14.8 Å². The summed E-state index contributed by atoms with van der Waals surface area (Å²) in [7, 11) is 1.84. The number of hydrogen-bond donors (Lipinski definition) is 1. The Morgan fingerprint density at radius 2 is 2.07 bits per heavy atom. The molecular formula is C11H14N4. The maximum atomic E-state index is 6.00. The Balaban J connectivity index is 2.07. The lowest BCUT2D eigenvalue weighted by Gasteiger charge is -2.06. The Hall–Kier alpha value is -1.68. The summed E-state index contributed by atoms with van der Waals surface area (Å²) in [4.78, 5) is 4.14. The van der Waals surface area contributed by atoms with Gasteiger partial charge in [-0.2, -0.15) is 5.10 Å². The largest absolute Gasteiger partial charge is 0.321 e. The molecule has 1 atom stereocenters. The highest BCUT2D eigenvalue weighted by molar-refractivity contribution is 5.16. The number of hydrogen-bond acceptors (Lipinski definition) is 3. The van der Waals surface area contributed by atoms with E-state index in [4.69, 9.17) is 5.73 Å². The molecule has 1 aromatic carbocycles. The van der Waals surface area contributed by atoms with Crippen LogP contribution in [0.15, 0.2) is 36.7 Å². The van der Waals surface area contributed by atoms with Crippen molar-refractivity contribution in [1.29, 1.82) is 0 Å². The Labute approximate surface area is 88.8 Å². The van der Waals surface area contributed by atoms with Crippen LogP contribution >= 0.6 is 0 Å². The van der Waals surface area contributed by atoms with E-state index in [2.05, 4.69) is 22.2 Å². The summed E-state index contributed by atoms with van der Waals surface area (Å²) < 4.78 is 1.67. The molecule has 2 rings (SSSR count). The van der Waals surface area contributed by atoms with Gasteiger partial charge in [-0.1, -0.05) is 30.3 Å². The Morgan fingerprint density at radius 3 is 2.67 bits per heavy atom. The van der Waals surface area contributed by atoms with E-state index >= 15 is 0 Å². The molecule has 0 fully saturated rings. The van der Waals surface area contributed by atoms with Gasteiger partial charge >= 0.3 is 0 Å². The molecule has 2 aromatic rings. The average Bonchev–Trinajstić information content (AvgIpc) is 2.66. The van der Waals surface area contributed by atoms with Crippen molar-refractivity contribution in [3.05, 3.63) is 48.0 Å². The van der Waals surface area contributed by atoms with Gasteiger partial charge in [-0.15, -0.1) is 0 Å². The Kier molecular flexibility index (Phi) is 2.78. The zero-order valence-electron chi connectivity index (χ0n) is 8.67. The van der Waals surface area contributed by atoms with Crippen molar-refractivity contribution >= 4 is 0 Å². The number of nitrogens with two attached hydrogens (primary N) is 1. The van der Waals surface area contributed by atoms with Crippen LogP contribution in [0.3, 0.4) is 0 Å². The third kappa shape index (κ3) is 2.41. The maximum Gasteiger partial charge on any atom is 0.167 e. The van der Waals surface area contributed by atoms with Crippen LogP contribution in [0.4, 0.5) is 0 Å². The van der Waals surface area contributed by atoms with Crippen LogP contribution in [0.25, 0.3) is 0 Å². The minimum absolute atomic E-state index is 0.131. The van der Waals surface area contributed by atoms with Crippen molar-refractivity contribution in [2.24, 2.45) is 12.8 Å². The fourth-order valence-electron chi connectivity index (χ4n) is 1.49. The van der Waals surface area contributed by atoms with Crippen LogP contribution in [0, 0.1) is 0 Å². The van der Waals surface area contributed by atoms with Gasteiger partial charge in [0.1, 0.15) is 6.33 Å². The molecule has 78 valence electrons. The predicted octanol–water partition coefficient (Wildman–Crippen LogP) is 1.06. The van der Waals surface area contributed by atoms with E-state index in [1.807, 2.05) is 25.2 Å².